The van der Waals surface area contributed by atoms with Crippen molar-refractivity contribution in [1.29, 1.82) is 0 Å². The van der Waals surface area contributed by atoms with Gasteiger partial charge >= 0.3 is 0 Å². The van der Waals surface area contributed by atoms with Crippen molar-refractivity contribution in [2.75, 3.05) is 0 Å². The second kappa shape index (κ2) is 4.15. The van der Waals surface area contributed by atoms with Gasteiger partial charge in [-0.25, -0.2) is 5.06 Å². The molecule has 0 aromatic rings. The van der Waals surface area contributed by atoms with Crippen molar-refractivity contribution < 1.29 is 19.5 Å². The summed E-state index contributed by atoms with van der Waals surface area (Å²) in [6.07, 6.45) is 3.38. The molecular weight excluding hydrogens is 246 g/mol. The number of hydrogen-bond acceptors (Lipinski definition) is 5. The number of allylic oxidation sites excluding steroid dienone is 3. The molecule has 1 aliphatic carbocycles. The van der Waals surface area contributed by atoms with E-state index in [2.05, 4.69) is 0 Å². The van der Waals surface area contributed by atoms with Crippen molar-refractivity contribution >= 4 is 11.6 Å². The predicted molar refractivity (Wildman–Crippen MR) is 66.1 cm³/mol. The molecule has 0 spiro atoms. The maximum absolute atomic E-state index is 12.5. The summed E-state index contributed by atoms with van der Waals surface area (Å²) in [4.78, 5) is 25.0. The van der Waals surface area contributed by atoms with E-state index in [1.54, 1.807) is 13.0 Å². The van der Waals surface area contributed by atoms with E-state index in [0.29, 0.717) is 29.6 Å². The lowest BCUT2D eigenvalue weighted by atomic mass is 9.79. The van der Waals surface area contributed by atoms with Crippen LogP contribution in [0.2, 0.25) is 0 Å². The summed E-state index contributed by atoms with van der Waals surface area (Å²) in [6.45, 7) is 3.66. The summed E-state index contributed by atoms with van der Waals surface area (Å²) in [5.41, 5.74) is 1.42. The molecule has 0 amide bonds. The van der Waals surface area contributed by atoms with E-state index in [4.69, 9.17) is 4.74 Å². The minimum atomic E-state index is -0.373. The van der Waals surface area contributed by atoms with Crippen molar-refractivity contribution in [3.05, 3.63) is 34.7 Å². The fourth-order valence-corrected chi connectivity index (χ4v) is 2.97. The van der Waals surface area contributed by atoms with Gasteiger partial charge in [0.2, 0.25) is 5.78 Å². The van der Waals surface area contributed by atoms with Gasteiger partial charge in [-0.2, -0.15) is 0 Å². The van der Waals surface area contributed by atoms with Crippen LogP contribution in [-0.2, 0) is 14.3 Å². The molecule has 5 nitrogen and oxygen atoms in total. The second-order valence-corrected chi connectivity index (χ2v) is 5.10. The number of rotatable bonds is 0. The topological polar surface area (TPSA) is 66.8 Å². The molecule has 0 fully saturated rings. The Morgan fingerprint density at radius 2 is 2.00 bits per heavy atom. The first-order valence-corrected chi connectivity index (χ1v) is 6.36. The van der Waals surface area contributed by atoms with Gasteiger partial charge in [-0.15, -0.1) is 0 Å². The molecule has 5 heteroatoms. The summed E-state index contributed by atoms with van der Waals surface area (Å²) in [6, 6.07) is 0. The van der Waals surface area contributed by atoms with E-state index < -0.39 is 0 Å². The van der Waals surface area contributed by atoms with E-state index in [-0.39, 0.29) is 29.5 Å². The van der Waals surface area contributed by atoms with Crippen molar-refractivity contribution in [1.82, 2.24) is 5.06 Å². The molecule has 0 aromatic carbocycles. The summed E-state index contributed by atoms with van der Waals surface area (Å²) < 4.78 is 5.63. The van der Waals surface area contributed by atoms with E-state index in [9.17, 15) is 14.8 Å². The number of hydroxylamine groups is 2. The lowest BCUT2D eigenvalue weighted by Gasteiger charge is -2.35. The molecule has 0 saturated carbocycles. The number of hydrogen-bond donors (Lipinski definition) is 1. The zero-order valence-corrected chi connectivity index (χ0v) is 10.8. The Labute approximate surface area is 110 Å². The molecular formula is C14H15NO4. The summed E-state index contributed by atoms with van der Waals surface area (Å²) in [5.74, 6) is -0.425. The highest BCUT2D eigenvalue weighted by atomic mass is 16.5. The highest BCUT2D eigenvalue weighted by Crippen LogP contribution is 2.37. The molecule has 100 valence electrons. The van der Waals surface area contributed by atoms with E-state index >= 15 is 0 Å². The molecule has 0 unspecified atom stereocenters. The van der Waals surface area contributed by atoms with Crippen LogP contribution in [0.3, 0.4) is 0 Å². The third kappa shape index (κ3) is 1.69. The summed E-state index contributed by atoms with van der Waals surface area (Å²) in [5, 5.41) is 10.5. The Morgan fingerprint density at radius 3 is 2.74 bits per heavy atom. The van der Waals surface area contributed by atoms with E-state index in [0.717, 1.165) is 5.06 Å². The molecule has 2 aliphatic heterocycles. The normalized spacial score (nSPS) is 30.8. The smallest absolute Gasteiger partial charge is 0.208 e. The molecule has 0 saturated heterocycles. The van der Waals surface area contributed by atoms with Gasteiger partial charge in [0.25, 0.3) is 0 Å². The molecule has 0 bridgehead atoms. The standard InChI is InChI=1S/C14H15NO4/c1-7-6-10-11(8(2)19-7)13(16)9-4-3-5-15(18)12(9)14(10)17/h3,5,7-8,18H,4,6H2,1-2H3/t7-,8+/m1/s1. The SMILES string of the molecule is C[C@@H]1CC2=C(C(=O)C3=C(C2=O)N(O)C=CC3)[C@H](C)O1. The minimum Gasteiger partial charge on any atom is -0.370 e. The summed E-state index contributed by atoms with van der Waals surface area (Å²) in [7, 11) is 0. The lowest BCUT2D eigenvalue weighted by molar-refractivity contribution is -0.124. The molecule has 3 aliphatic rings. The maximum atomic E-state index is 12.5. The number of carbonyl (C=O) groups is 2. The van der Waals surface area contributed by atoms with Crippen LogP contribution in [0.15, 0.2) is 34.7 Å². The third-order valence-corrected chi connectivity index (χ3v) is 3.75. The van der Waals surface area contributed by atoms with Crippen LogP contribution < -0.4 is 0 Å². The van der Waals surface area contributed by atoms with Crippen molar-refractivity contribution in [2.45, 2.75) is 38.9 Å². The van der Waals surface area contributed by atoms with Crippen LogP contribution in [-0.4, -0.2) is 34.0 Å². The van der Waals surface area contributed by atoms with Crippen LogP contribution in [0.25, 0.3) is 0 Å². The molecule has 0 aromatic heterocycles. The Kier molecular flexibility index (Phi) is 2.69. The number of carbonyl (C=O) groups excluding carboxylic acids is 2. The van der Waals surface area contributed by atoms with Gasteiger partial charge in [0, 0.05) is 29.3 Å². The first kappa shape index (κ1) is 12.3. The van der Waals surface area contributed by atoms with Gasteiger partial charge in [-0.3, -0.25) is 14.8 Å². The third-order valence-electron chi connectivity index (χ3n) is 3.75. The second-order valence-electron chi connectivity index (χ2n) is 5.10. The van der Waals surface area contributed by atoms with Crippen LogP contribution in [0.1, 0.15) is 26.7 Å². The zero-order valence-electron chi connectivity index (χ0n) is 10.8. The van der Waals surface area contributed by atoms with Crippen LogP contribution in [0.4, 0.5) is 0 Å². The quantitative estimate of drug-likeness (QED) is 0.669. The van der Waals surface area contributed by atoms with Gasteiger partial charge in [0.15, 0.2) is 5.78 Å². The molecule has 0 radical (unpaired) electrons. The Balaban J connectivity index is 2.12. The van der Waals surface area contributed by atoms with Crippen molar-refractivity contribution in [3.8, 4) is 0 Å². The number of ketones is 2. The highest BCUT2D eigenvalue weighted by Gasteiger charge is 2.42. The molecule has 2 heterocycles. The van der Waals surface area contributed by atoms with Crippen molar-refractivity contribution in [2.24, 2.45) is 0 Å². The van der Waals surface area contributed by atoms with Crippen LogP contribution >= 0.6 is 0 Å². The van der Waals surface area contributed by atoms with E-state index in [1.807, 2.05) is 6.92 Å². The maximum Gasteiger partial charge on any atom is 0.208 e. The van der Waals surface area contributed by atoms with Gasteiger partial charge in [0.1, 0.15) is 5.70 Å². The average Bonchev–Trinajstić information content (AvgIpc) is 2.35. The molecule has 3 rings (SSSR count). The van der Waals surface area contributed by atoms with E-state index in [1.165, 1.54) is 6.20 Å². The zero-order chi connectivity index (χ0) is 13.7. The largest absolute Gasteiger partial charge is 0.370 e. The Hall–Kier alpha value is -1.72. The summed E-state index contributed by atoms with van der Waals surface area (Å²) >= 11 is 0. The number of nitrogens with zero attached hydrogens (tertiary/aromatic N) is 1. The number of ether oxygens (including phenoxy) is 1. The lowest BCUT2D eigenvalue weighted by Crippen LogP contribution is -2.40. The average molecular weight is 261 g/mol. The number of Topliss-reactive ketones (excluding diaryl/α,β-unsaturated/α-hetero) is 2. The first-order valence-electron chi connectivity index (χ1n) is 6.36. The minimum absolute atomic E-state index is 0.0982. The fraction of sp³-hybridized carbons (Fsp3) is 0.429. The van der Waals surface area contributed by atoms with Gasteiger partial charge < -0.3 is 4.74 Å². The predicted octanol–water partition coefficient (Wildman–Crippen LogP) is 1.49. The van der Waals surface area contributed by atoms with Crippen LogP contribution in [0, 0.1) is 0 Å². The monoisotopic (exact) mass is 261 g/mol. The van der Waals surface area contributed by atoms with Gasteiger partial charge in [0.05, 0.1) is 12.2 Å². The fourth-order valence-electron chi connectivity index (χ4n) is 2.97. The van der Waals surface area contributed by atoms with Crippen molar-refractivity contribution in [3.63, 3.8) is 0 Å². The molecule has 2 atom stereocenters. The van der Waals surface area contributed by atoms with Gasteiger partial charge in [-0.05, 0) is 20.3 Å². The highest BCUT2D eigenvalue weighted by molar-refractivity contribution is 6.25. The first-order chi connectivity index (χ1) is 9.00. The van der Waals surface area contributed by atoms with Gasteiger partial charge in [-0.1, -0.05) is 6.08 Å². The Bertz CT molecular complexity index is 570. The van der Waals surface area contributed by atoms with Crippen LogP contribution in [0.5, 0.6) is 0 Å². The Morgan fingerprint density at radius 1 is 1.26 bits per heavy atom. The molecule has 1 N–H and O–H groups in total. The molecule has 19 heavy (non-hydrogen) atoms.